The van der Waals surface area contributed by atoms with E-state index in [0.717, 1.165) is 21.7 Å². The van der Waals surface area contributed by atoms with Gasteiger partial charge < -0.3 is 16.0 Å². The standard InChI is InChI=1S/C33H30FN3O3S/c1-21-17-22(2)19-27(18-21)36-31(38)23(3)41-28-15-13-26(14-16-28)35-33(40)30(20-25-11-7-8-12-29(25)34)37-32(39)24-9-5-4-6-10-24/h4-20,23H,1-3H3,(H,35,40)(H,36,38)(H,37,39)/b30-20-. The number of anilines is 2. The maximum Gasteiger partial charge on any atom is 0.272 e. The highest BCUT2D eigenvalue weighted by Gasteiger charge is 2.17. The van der Waals surface area contributed by atoms with Gasteiger partial charge in [-0.1, -0.05) is 42.5 Å². The highest BCUT2D eigenvalue weighted by atomic mass is 32.2. The maximum absolute atomic E-state index is 14.3. The van der Waals surface area contributed by atoms with E-state index in [2.05, 4.69) is 16.0 Å². The topological polar surface area (TPSA) is 87.3 Å². The van der Waals surface area contributed by atoms with Crippen LogP contribution in [0.1, 0.15) is 34.0 Å². The summed E-state index contributed by atoms with van der Waals surface area (Å²) < 4.78 is 14.3. The van der Waals surface area contributed by atoms with Crippen molar-refractivity contribution >= 4 is 46.9 Å². The number of amides is 3. The predicted octanol–water partition coefficient (Wildman–Crippen LogP) is 6.97. The Bertz CT molecular complexity index is 1570. The zero-order valence-electron chi connectivity index (χ0n) is 22.9. The van der Waals surface area contributed by atoms with Crippen LogP contribution in [0.4, 0.5) is 15.8 Å². The molecule has 0 fully saturated rings. The van der Waals surface area contributed by atoms with E-state index in [9.17, 15) is 18.8 Å². The summed E-state index contributed by atoms with van der Waals surface area (Å²) in [6.07, 6.45) is 1.30. The SMILES string of the molecule is Cc1cc(C)cc(NC(=O)C(C)Sc2ccc(NC(=O)/C(=C/c3ccccc3F)NC(=O)c3ccccc3)cc2)c1. The summed E-state index contributed by atoms with van der Waals surface area (Å²) in [7, 11) is 0. The van der Waals surface area contributed by atoms with E-state index in [1.54, 1.807) is 66.7 Å². The molecule has 41 heavy (non-hydrogen) atoms. The Morgan fingerprint density at radius 2 is 1.41 bits per heavy atom. The molecule has 3 N–H and O–H groups in total. The van der Waals surface area contributed by atoms with Crippen molar-refractivity contribution in [2.24, 2.45) is 0 Å². The fourth-order valence-corrected chi connectivity index (χ4v) is 4.92. The molecule has 0 heterocycles. The lowest BCUT2D eigenvalue weighted by molar-refractivity contribution is -0.115. The van der Waals surface area contributed by atoms with Gasteiger partial charge in [-0.05, 0) is 92.6 Å². The number of rotatable bonds is 9. The number of hydrogen-bond donors (Lipinski definition) is 3. The molecular formula is C33H30FN3O3S. The number of aryl methyl sites for hydroxylation is 2. The van der Waals surface area contributed by atoms with E-state index in [4.69, 9.17) is 0 Å². The van der Waals surface area contributed by atoms with Crippen LogP contribution in [0, 0.1) is 19.7 Å². The van der Waals surface area contributed by atoms with Crippen molar-refractivity contribution < 1.29 is 18.8 Å². The molecule has 4 aromatic rings. The first-order valence-corrected chi connectivity index (χ1v) is 13.9. The highest BCUT2D eigenvalue weighted by Crippen LogP contribution is 2.26. The molecule has 208 valence electrons. The van der Waals surface area contributed by atoms with Gasteiger partial charge in [-0.25, -0.2) is 4.39 Å². The molecule has 3 amide bonds. The lowest BCUT2D eigenvalue weighted by Crippen LogP contribution is -2.30. The molecule has 0 aliphatic carbocycles. The van der Waals surface area contributed by atoms with Gasteiger partial charge in [0.2, 0.25) is 5.91 Å². The second-order valence-corrected chi connectivity index (χ2v) is 10.9. The van der Waals surface area contributed by atoms with Gasteiger partial charge in [-0.2, -0.15) is 0 Å². The largest absolute Gasteiger partial charge is 0.325 e. The summed E-state index contributed by atoms with van der Waals surface area (Å²) >= 11 is 1.39. The first kappa shape index (κ1) is 29.3. The van der Waals surface area contributed by atoms with Crippen molar-refractivity contribution in [2.45, 2.75) is 30.9 Å². The Balaban J connectivity index is 1.43. The monoisotopic (exact) mass is 567 g/mol. The van der Waals surface area contributed by atoms with Crippen molar-refractivity contribution in [3.8, 4) is 0 Å². The number of thioether (sulfide) groups is 1. The molecule has 0 aromatic heterocycles. The second kappa shape index (κ2) is 13.6. The Hall–Kier alpha value is -4.69. The summed E-state index contributed by atoms with van der Waals surface area (Å²) in [4.78, 5) is 39.5. The summed E-state index contributed by atoms with van der Waals surface area (Å²) in [6, 6.07) is 27.3. The van der Waals surface area contributed by atoms with E-state index >= 15 is 0 Å². The summed E-state index contributed by atoms with van der Waals surface area (Å²) in [5.41, 5.74) is 3.79. The van der Waals surface area contributed by atoms with Gasteiger partial charge in [0.15, 0.2) is 0 Å². The Labute approximate surface area is 243 Å². The molecule has 0 radical (unpaired) electrons. The summed E-state index contributed by atoms with van der Waals surface area (Å²) in [6.45, 7) is 5.79. The average molecular weight is 568 g/mol. The number of carbonyl (C=O) groups is 3. The Morgan fingerprint density at radius 1 is 0.780 bits per heavy atom. The van der Waals surface area contributed by atoms with Crippen LogP contribution < -0.4 is 16.0 Å². The van der Waals surface area contributed by atoms with E-state index in [0.29, 0.717) is 11.3 Å². The molecule has 1 unspecified atom stereocenters. The van der Waals surface area contributed by atoms with Gasteiger partial charge in [-0.15, -0.1) is 11.8 Å². The van der Waals surface area contributed by atoms with Crippen molar-refractivity contribution in [1.29, 1.82) is 0 Å². The van der Waals surface area contributed by atoms with Crippen molar-refractivity contribution in [2.75, 3.05) is 10.6 Å². The lowest BCUT2D eigenvalue weighted by atomic mass is 10.1. The molecule has 0 bridgehead atoms. The van der Waals surface area contributed by atoms with E-state index in [1.165, 1.54) is 30.0 Å². The van der Waals surface area contributed by atoms with Crippen LogP contribution in [-0.2, 0) is 9.59 Å². The zero-order chi connectivity index (χ0) is 29.4. The minimum absolute atomic E-state index is 0.112. The first-order valence-electron chi connectivity index (χ1n) is 13.0. The van der Waals surface area contributed by atoms with Crippen LogP contribution in [0.25, 0.3) is 6.08 Å². The van der Waals surface area contributed by atoms with Gasteiger partial charge in [-0.3, -0.25) is 14.4 Å². The van der Waals surface area contributed by atoms with Gasteiger partial charge >= 0.3 is 0 Å². The van der Waals surface area contributed by atoms with Crippen LogP contribution >= 0.6 is 11.8 Å². The predicted molar refractivity (Wildman–Crippen MR) is 163 cm³/mol. The minimum atomic E-state index is -0.612. The minimum Gasteiger partial charge on any atom is -0.325 e. The quantitative estimate of drug-likeness (QED) is 0.151. The van der Waals surface area contributed by atoms with E-state index in [-0.39, 0.29) is 22.4 Å². The fraction of sp³-hybridized carbons (Fsp3) is 0.121. The van der Waals surface area contributed by atoms with Crippen LogP contribution in [0.5, 0.6) is 0 Å². The molecule has 6 nitrogen and oxygen atoms in total. The molecule has 0 aliphatic rings. The van der Waals surface area contributed by atoms with Crippen molar-refractivity contribution in [3.05, 3.63) is 131 Å². The summed E-state index contributed by atoms with van der Waals surface area (Å²) in [5.74, 6) is -1.75. The number of carbonyl (C=O) groups excluding carboxylic acids is 3. The van der Waals surface area contributed by atoms with Gasteiger partial charge in [0, 0.05) is 27.4 Å². The molecule has 0 aliphatic heterocycles. The molecule has 0 spiro atoms. The molecule has 8 heteroatoms. The lowest BCUT2D eigenvalue weighted by Gasteiger charge is -2.14. The molecule has 4 aromatic carbocycles. The molecule has 1 atom stereocenters. The zero-order valence-corrected chi connectivity index (χ0v) is 23.7. The average Bonchev–Trinajstić information content (AvgIpc) is 2.94. The van der Waals surface area contributed by atoms with Gasteiger partial charge in [0.1, 0.15) is 11.5 Å². The number of halogens is 1. The van der Waals surface area contributed by atoms with Crippen LogP contribution in [0.15, 0.2) is 108 Å². The normalized spacial score (nSPS) is 11.9. The number of hydrogen-bond acceptors (Lipinski definition) is 4. The van der Waals surface area contributed by atoms with Crippen LogP contribution in [0.2, 0.25) is 0 Å². The Morgan fingerprint density at radius 3 is 2.07 bits per heavy atom. The Kier molecular flexibility index (Phi) is 9.71. The number of nitrogens with one attached hydrogen (secondary N) is 3. The third kappa shape index (κ3) is 8.40. The van der Waals surface area contributed by atoms with E-state index in [1.807, 2.05) is 39.0 Å². The molecular weight excluding hydrogens is 537 g/mol. The van der Waals surface area contributed by atoms with Gasteiger partial charge in [0.25, 0.3) is 11.8 Å². The molecule has 0 saturated heterocycles. The number of benzene rings is 4. The van der Waals surface area contributed by atoms with Crippen molar-refractivity contribution in [1.82, 2.24) is 5.32 Å². The third-order valence-electron chi connectivity index (χ3n) is 6.02. The maximum atomic E-state index is 14.3. The smallest absolute Gasteiger partial charge is 0.272 e. The highest BCUT2D eigenvalue weighted by molar-refractivity contribution is 8.00. The van der Waals surface area contributed by atoms with Crippen LogP contribution in [-0.4, -0.2) is 23.0 Å². The van der Waals surface area contributed by atoms with E-state index < -0.39 is 17.6 Å². The second-order valence-electron chi connectivity index (χ2n) is 9.50. The van der Waals surface area contributed by atoms with Gasteiger partial charge in [0.05, 0.1) is 5.25 Å². The third-order valence-corrected chi connectivity index (χ3v) is 7.13. The molecule has 4 rings (SSSR count). The van der Waals surface area contributed by atoms with Crippen molar-refractivity contribution in [3.63, 3.8) is 0 Å². The first-order chi connectivity index (χ1) is 19.7. The van der Waals surface area contributed by atoms with Crippen LogP contribution in [0.3, 0.4) is 0 Å². The summed E-state index contributed by atoms with van der Waals surface area (Å²) in [5, 5.41) is 7.95. The molecule has 0 saturated carbocycles. The fourth-order valence-electron chi connectivity index (χ4n) is 4.05.